The van der Waals surface area contributed by atoms with Gasteiger partial charge in [0.05, 0.1) is 4.90 Å². The predicted molar refractivity (Wildman–Crippen MR) is 116 cm³/mol. The van der Waals surface area contributed by atoms with Crippen LogP contribution in [-0.4, -0.2) is 29.6 Å². The molecule has 10 heteroatoms. The highest BCUT2D eigenvalue weighted by Crippen LogP contribution is 2.39. The molecule has 2 heterocycles. The molecule has 31 heavy (non-hydrogen) atoms. The van der Waals surface area contributed by atoms with Gasteiger partial charge in [0.15, 0.2) is 5.82 Å². The summed E-state index contributed by atoms with van der Waals surface area (Å²) < 4.78 is 37.5. The van der Waals surface area contributed by atoms with Crippen LogP contribution in [0.15, 0.2) is 47.4 Å². The highest BCUT2D eigenvalue weighted by molar-refractivity contribution is 7.89. The smallest absolute Gasteiger partial charge is 0.252 e. The van der Waals surface area contributed by atoms with Crippen LogP contribution < -0.4 is 15.4 Å². The van der Waals surface area contributed by atoms with Crippen molar-refractivity contribution in [1.82, 2.24) is 15.2 Å². The zero-order valence-electron chi connectivity index (χ0n) is 17.2. The molecular formula is C21H23FN6O2S. The fourth-order valence-corrected chi connectivity index (χ4v) is 4.63. The Kier molecular flexibility index (Phi) is 5.59. The Morgan fingerprint density at radius 1 is 1.23 bits per heavy atom. The van der Waals surface area contributed by atoms with Gasteiger partial charge in [0.1, 0.15) is 11.5 Å². The Labute approximate surface area is 180 Å². The molecule has 0 spiro atoms. The normalized spacial score (nSPS) is 15.7. The summed E-state index contributed by atoms with van der Waals surface area (Å²) in [6.07, 6.45) is 1.11. The third-order valence-electron chi connectivity index (χ3n) is 5.26. The van der Waals surface area contributed by atoms with Crippen LogP contribution >= 0.6 is 0 Å². The molecule has 1 aliphatic rings. The van der Waals surface area contributed by atoms with E-state index in [0.29, 0.717) is 48.1 Å². The van der Waals surface area contributed by atoms with Crippen LogP contribution in [0.2, 0.25) is 0 Å². The fourth-order valence-electron chi connectivity index (χ4n) is 3.83. The van der Waals surface area contributed by atoms with Gasteiger partial charge in [-0.3, -0.25) is 0 Å². The molecule has 4 rings (SSSR count). The lowest BCUT2D eigenvalue weighted by Gasteiger charge is -2.23. The highest BCUT2D eigenvalue weighted by atomic mass is 32.2. The minimum Gasteiger partial charge on any atom is -0.364 e. The first-order valence-corrected chi connectivity index (χ1v) is 11.5. The second kappa shape index (κ2) is 8.20. The third-order valence-corrected chi connectivity index (χ3v) is 6.25. The second-order valence-electron chi connectivity index (χ2n) is 7.47. The van der Waals surface area contributed by atoms with Crippen LogP contribution in [0.5, 0.6) is 0 Å². The molecule has 0 bridgehead atoms. The summed E-state index contributed by atoms with van der Waals surface area (Å²) >= 11 is 0. The van der Waals surface area contributed by atoms with Crippen LogP contribution in [0.3, 0.4) is 0 Å². The molecule has 0 radical (unpaired) electrons. The zero-order chi connectivity index (χ0) is 22.2. The van der Waals surface area contributed by atoms with Crippen LogP contribution in [-0.2, 0) is 29.4 Å². The van der Waals surface area contributed by atoms with Crippen molar-refractivity contribution in [3.8, 4) is 0 Å². The number of aryl methyl sites for hydroxylation is 1. The molecule has 2 aromatic carbocycles. The molecule has 0 saturated carbocycles. The van der Waals surface area contributed by atoms with Gasteiger partial charge in [-0.2, -0.15) is 4.98 Å². The van der Waals surface area contributed by atoms with Crippen molar-refractivity contribution in [2.75, 3.05) is 10.2 Å². The van der Waals surface area contributed by atoms with E-state index < -0.39 is 10.0 Å². The number of nitrogens with zero attached hydrogens (tertiary/aromatic N) is 4. The first-order chi connectivity index (χ1) is 14.8. The van der Waals surface area contributed by atoms with Crippen molar-refractivity contribution >= 4 is 27.5 Å². The van der Waals surface area contributed by atoms with Crippen molar-refractivity contribution in [3.05, 3.63) is 65.1 Å². The van der Waals surface area contributed by atoms with Gasteiger partial charge in [-0.05, 0) is 55.2 Å². The topological polar surface area (TPSA) is 114 Å². The highest BCUT2D eigenvalue weighted by Gasteiger charge is 2.33. The number of halogens is 1. The molecule has 0 amide bonds. The Morgan fingerprint density at radius 3 is 2.71 bits per heavy atom. The number of benzene rings is 2. The van der Waals surface area contributed by atoms with E-state index in [0.717, 1.165) is 5.56 Å². The average Bonchev–Trinajstić information content (AvgIpc) is 3.07. The van der Waals surface area contributed by atoms with Gasteiger partial charge in [-0.1, -0.05) is 25.1 Å². The summed E-state index contributed by atoms with van der Waals surface area (Å²) in [5, 5.41) is 17.2. The lowest BCUT2D eigenvalue weighted by atomic mass is 10.1. The van der Waals surface area contributed by atoms with E-state index in [-0.39, 0.29) is 16.8 Å². The largest absolute Gasteiger partial charge is 0.364 e. The number of nitrogens with one attached hydrogen (secondary N) is 1. The molecule has 3 aromatic rings. The number of rotatable bonds is 6. The van der Waals surface area contributed by atoms with E-state index in [2.05, 4.69) is 20.5 Å². The van der Waals surface area contributed by atoms with E-state index in [1.54, 1.807) is 12.1 Å². The predicted octanol–water partition coefficient (Wildman–Crippen LogP) is 2.92. The minimum atomic E-state index is -3.84. The molecule has 1 aromatic heterocycles. The molecule has 0 saturated heterocycles. The molecule has 1 atom stereocenters. The van der Waals surface area contributed by atoms with Gasteiger partial charge in [0.2, 0.25) is 10.0 Å². The lowest BCUT2D eigenvalue weighted by molar-refractivity contribution is 0.596. The van der Waals surface area contributed by atoms with Gasteiger partial charge >= 0.3 is 0 Å². The second-order valence-corrected chi connectivity index (χ2v) is 9.00. The Balaban J connectivity index is 1.69. The molecule has 0 aliphatic carbocycles. The first-order valence-electron chi connectivity index (χ1n) is 9.93. The lowest BCUT2D eigenvalue weighted by Crippen LogP contribution is -2.27. The van der Waals surface area contributed by atoms with E-state index in [1.165, 1.54) is 18.2 Å². The third kappa shape index (κ3) is 4.21. The summed E-state index contributed by atoms with van der Waals surface area (Å²) in [6.45, 7) is 4.29. The molecule has 0 fully saturated rings. The molecule has 8 nitrogen and oxygen atoms in total. The Bertz CT molecular complexity index is 1230. The number of aromatic nitrogens is 3. The van der Waals surface area contributed by atoms with Gasteiger partial charge < -0.3 is 10.2 Å². The summed E-state index contributed by atoms with van der Waals surface area (Å²) in [7, 11) is -3.84. The van der Waals surface area contributed by atoms with E-state index in [4.69, 9.17) is 5.14 Å². The van der Waals surface area contributed by atoms with Crippen molar-refractivity contribution in [2.24, 2.45) is 5.14 Å². The fraction of sp³-hybridized carbons (Fsp3) is 0.286. The average molecular weight is 443 g/mol. The number of fused-ring (bicyclic) bond motifs is 1. The molecular weight excluding hydrogens is 419 g/mol. The number of hydrogen-bond donors (Lipinski definition) is 2. The van der Waals surface area contributed by atoms with Crippen molar-refractivity contribution in [2.45, 2.75) is 44.2 Å². The maximum absolute atomic E-state index is 13.5. The number of sulfonamides is 1. The van der Waals surface area contributed by atoms with Gasteiger partial charge in [-0.15, -0.1) is 10.2 Å². The first kappa shape index (κ1) is 21.1. The summed E-state index contributed by atoms with van der Waals surface area (Å²) in [4.78, 5) is 6.65. The maximum Gasteiger partial charge on any atom is 0.252 e. The van der Waals surface area contributed by atoms with Crippen LogP contribution in [0.1, 0.15) is 30.7 Å². The Morgan fingerprint density at radius 2 is 2.00 bits per heavy atom. The monoisotopic (exact) mass is 442 g/mol. The quantitative estimate of drug-likeness (QED) is 0.603. The minimum absolute atomic E-state index is 0.0803. The number of nitrogens with two attached hydrogens (primary N) is 1. The van der Waals surface area contributed by atoms with Gasteiger partial charge in [0.25, 0.3) is 5.95 Å². The van der Waals surface area contributed by atoms with E-state index in [9.17, 15) is 12.8 Å². The number of primary sulfonamides is 1. The SMILES string of the molecule is CCc1nnc(N2c3cccc(S(N)(=O)=O)c3CC2C)nc1NCc1cccc(F)c1. The Hall–Kier alpha value is -3.11. The number of anilines is 3. The summed E-state index contributed by atoms with van der Waals surface area (Å²) in [6, 6.07) is 11.2. The zero-order valence-corrected chi connectivity index (χ0v) is 18.0. The molecule has 3 N–H and O–H groups in total. The van der Waals surface area contributed by atoms with Crippen molar-refractivity contribution < 1.29 is 12.8 Å². The molecule has 1 unspecified atom stereocenters. The molecule has 1 aliphatic heterocycles. The van der Waals surface area contributed by atoms with Crippen molar-refractivity contribution in [1.29, 1.82) is 0 Å². The van der Waals surface area contributed by atoms with Crippen molar-refractivity contribution in [3.63, 3.8) is 0 Å². The van der Waals surface area contributed by atoms with Gasteiger partial charge in [-0.25, -0.2) is 17.9 Å². The van der Waals surface area contributed by atoms with E-state index >= 15 is 0 Å². The van der Waals surface area contributed by atoms with E-state index in [1.807, 2.05) is 30.9 Å². The van der Waals surface area contributed by atoms with Crippen LogP contribution in [0.25, 0.3) is 0 Å². The summed E-state index contributed by atoms with van der Waals surface area (Å²) in [5.74, 6) is 0.612. The molecule has 162 valence electrons. The maximum atomic E-state index is 13.5. The number of hydrogen-bond acceptors (Lipinski definition) is 7. The van der Waals surface area contributed by atoms with Gasteiger partial charge in [0, 0.05) is 18.3 Å². The van der Waals surface area contributed by atoms with Crippen LogP contribution in [0.4, 0.5) is 21.8 Å². The van der Waals surface area contributed by atoms with Crippen LogP contribution in [0, 0.1) is 5.82 Å². The standard InChI is InChI=1S/C21H23FN6O2S/c1-3-17-20(24-12-14-6-4-7-15(22)11-14)25-21(27-26-17)28-13(2)10-16-18(28)8-5-9-19(16)31(23,29)30/h4-9,11,13H,3,10,12H2,1-2H3,(H2,23,29,30)(H,24,25,27). The summed E-state index contributed by atoms with van der Waals surface area (Å²) in [5.41, 5.74) is 2.81.